The Morgan fingerprint density at radius 3 is 2.64 bits per heavy atom. The number of nitrogens with one attached hydrogen (secondary N) is 3. The van der Waals surface area contributed by atoms with Crippen LogP contribution in [0.15, 0.2) is 23.2 Å². The zero-order valence-corrected chi connectivity index (χ0v) is 17.7. The molecule has 2 rings (SSSR count). The molecule has 1 aromatic carbocycles. The highest BCUT2D eigenvalue weighted by Crippen LogP contribution is 2.24. The topological polar surface area (TPSA) is 68.8 Å². The average molecular weight is 392 g/mol. The summed E-state index contributed by atoms with van der Waals surface area (Å²) in [6, 6.07) is 5.22. The first-order chi connectivity index (χ1) is 13.2. The van der Waals surface area contributed by atoms with Crippen LogP contribution in [0.5, 0.6) is 0 Å². The van der Waals surface area contributed by atoms with Crippen molar-refractivity contribution >= 4 is 17.6 Å². The van der Waals surface area contributed by atoms with Gasteiger partial charge in [0.2, 0.25) is 5.91 Å². The van der Waals surface area contributed by atoms with Crippen LogP contribution in [0.25, 0.3) is 0 Å². The molecule has 28 heavy (non-hydrogen) atoms. The fourth-order valence-corrected chi connectivity index (χ4v) is 3.30. The van der Waals surface area contributed by atoms with Crippen molar-refractivity contribution in [2.24, 2.45) is 10.4 Å². The van der Waals surface area contributed by atoms with Crippen molar-refractivity contribution in [3.8, 4) is 0 Å². The number of halogens is 1. The molecule has 0 saturated carbocycles. The minimum Gasteiger partial charge on any atom is -0.369 e. The van der Waals surface area contributed by atoms with E-state index in [-0.39, 0.29) is 23.2 Å². The number of piperidine rings is 1. The number of amides is 1. The SMILES string of the molecule is CN=C(NCCNC(=O)C(C)(C)C)NC1CCCN(c2ccc(F)cc2C)C1. The molecule has 0 aromatic heterocycles. The summed E-state index contributed by atoms with van der Waals surface area (Å²) < 4.78 is 13.4. The van der Waals surface area contributed by atoms with Gasteiger partial charge >= 0.3 is 0 Å². The fourth-order valence-electron chi connectivity index (χ4n) is 3.30. The second-order valence-corrected chi connectivity index (χ2v) is 8.37. The van der Waals surface area contributed by atoms with Crippen LogP contribution in [0.2, 0.25) is 0 Å². The van der Waals surface area contributed by atoms with Crippen molar-refractivity contribution < 1.29 is 9.18 Å². The van der Waals surface area contributed by atoms with Gasteiger partial charge in [-0.3, -0.25) is 9.79 Å². The zero-order valence-electron chi connectivity index (χ0n) is 17.7. The van der Waals surface area contributed by atoms with Crippen LogP contribution in [-0.4, -0.2) is 51.1 Å². The van der Waals surface area contributed by atoms with Crippen molar-refractivity contribution in [1.82, 2.24) is 16.0 Å². The van der Waals surface area contributed by atoms with Gasteiger partial charge in [0.15, 0.2) is 5.96 Å². The van der Waals surface area contributed by atoms with Crippen LogP contribution in [0.3, 0.4) is 0 Å². The number of benzene rings is 1. The summed E-state index contributed by atoms with van der Waals surface area (Å²) in [5.74, 6) is 0.568. The van der Waals surface area contributed by atoms with Crippen LogP contribution >= 0.6 is 0 Å². The van der Waals surface area contributed by atoms with E-state index in [4.69, 9.17) is 0 Å². The highest BCUT2D eigenvalue weighted by molar-refractivity contribution is 5.82. The van der Waals surface area contributed by atoms with E-state index >= 15 is 0 Å². The summed E-state index contributed by atoms with van der Waals surface area (Å²) in [5.41, 5.74) is 1.66. The molecule has 1 aromatic rings. The molecule has 1 unspecified atom stereocenters. The molecule has 1 aliphatic rings. The van der Waals surface area contributed by atoms with E-state index in [1.807, 2.05) is 33.8 Å². The van der Waals surface area contributed by atoms with E-state index in [0.717, 1.165) is 43.1 Å². The highest BCUT2D eigenvalue weighted by Gasteiger charge is 2.22. The van der Waals surface area contributed by atoms with E-state index in [0.29, 0.717) is 13.1 Å². The van der Waals surface area contributed by atoms with E-state index in [1.54, 1.807) is 13.1 Å². The smallest absolute Gasteiger partial charge is 0.225 e. The van der Waals surface area contributed by atoms with Crippen LogP contribution < -0.4 is 20.9 Å². The number of nitrogens with zero attached hydrogens (tertiary/aromatic N) is 2. The van der Waals surface area contributed by atoms with Gasteiger partial charge in [-0.25, -0.2) is 4.39 Å². The lowest BCUT2D eigenvalue weighted by Gasteiger charge is -2.36. The minimum absolute atomic E-state index is 0.0369. The first-order valence-electron chi connectivity index (χ1n) is 9.97. The van der Waals surface area contributed by atoms with Crippen molar-refractivity contribution in [2.45, 2.75) is 46.6 Å². The Labute approximate surface area is 168 Å². The Kier molecular flexibility index (Phi) is 7.66. The Balaban J connectivity index is 1.83. The maximum absolute atomic E-state index is 13.4. The van der Waals surface area contributed by atoms with Crippen LogP contribution in [-0.2, 0) is 4.79 Å². The summed E-state index contributed by atoms with van der Waals surface area (Å²) in [4.78, 5) is 18.5. The van der Waals surface area contributed by atoms with Gasteiger partial charge in [0, 0.05) is 50.4 Å². The lowest BCUT2D eigenvalue weighted by atomic mass is 9.96. The lowest BCUT2D eigenvalue weighted by molar-refractivity contribution is -0.128. The number of carbonyl (C=O) groups excluding carboxylic acids is 1. The third kappa shape index (κ3) is 6.39. The lowest BCUT2D eigenvalue weighted by Crippen LogP contribution is -2.52. The Morgan fingerprint density at radius 1 is 1.29 bits per heavy atom. The summed E-state index contributed by atoms with van der Waals surface area (Å²) in [7, 11) is 1.74. The monoisotopic (exact) mass is 391 g/mol. The van der Waals surface area contributed by atoms with Crippen molar-refractivity contribution in [3.05, 3.63) is 29.6 Å². The highest BCUT2D eigenvalue weighted by atomic mass is 19.1. The molecule has 1 atom stereocenters. The van der Waals surface area contributed by atoms with Crippen molar-refractivity contribution in [1.29, 1.82) is 0 Å². The average Bonchev–Trinajstić information content (AvgIpc) is 2.63. The third-order valence-electron chi connectivity index (χ3n) is 4.87. The van der Waals surface area contributed by atoms with Gasteiger partial charge in [-0.15, -0.1) is 0 Å². The predicted octanol–water partition coefficient (Wildman–Crippen LogP) is 2.43. The number of carbonyl (C=O) groups is 1. The first-order valence-corrected chi connectivity index (χ1v) is 9.97. The van der Waals surface area contributed by atoms with Gasteiger partial charge < -0.3 is 20.9 Å². The quantitative estimate of drug-likeness (QED) is 0.410. The molecule has 1 amide bonds. The molecule has 1 heterocycles. The van der Waals surface area contributed by atoms with Gasteiger partial charge in [0.05, 0.1) is 0 Å². The molecular formula is C21H34FN5O. The third-order valence-corrected chi connectivity index (χ3v) is 4.87. The van der Waals surface area contributed by atoms with Gasteiger partial charge in [-0.05, 0) is 43.5 Å². The van der Waals surface area contributed by atoms with Crippen molar-refractivity contribution in [3.63, 3.8) is 0 Å². The Morgan fingerprint density at radius 2 is 2.00 bits per heavy atom. The molecular weight excluding hydrogens is 357 g/mol. The number of hydrogen-bond acceptors (Lipinski definition) is 3. The molecule has 1 fully saturated rings. The van der Waals surface area contributed by atoms with Crippen molar-refractivity contribution in [2.75, 3.05) is 38.1 Å². The molecule has 156 valence electrons. The van der Waals surface area contributed by atoms with Crippen LogP contribution in [0, 0.1) is 18.2 Å². The minimum atomic E-state index is -0.385. The molecule has 6 nitrogen and oxygen atoms in total. The summed E-state index contributed by atoms with van der Waals surface area (Å²) in [6.07, 6.45) is 2.12. The number of anilines is 1. The normalized spacial score (nSPS) is 18.0. The van der Waals surface area contributed by atoms with Gasteiger partial charge in [-0.1, -0.05) is 20.8 Å². The Bertz CT molecular complexity index is 699. The number of guanidine groups is 1. The molecule has 0 aliphatic carbocycles. The number of hydrogen-bond donors (Lipinski definition) is 3. The molecule has 1 aliphatic heterocycles. The van der Waals surface area contributed by atoms with Crippen LogP contribution in [0.4, 0.5) is 10.1 Å². The van der Waals surface area contributed by atoms with E-state index < -0.39 is 0 Å². The van der Waals surface area contributed by atoms with Gasteiger partial charge in [0.25, 0.3) is 0 Å². The summed E-state index contributed by atoms with van der Waals surface area (Å²) in [6.45, 7) is 10.6. The maximum Gasteiger partial charge on any atom is 0.225 e. The second kappa shape index (κ2) is 9.75. The fraction of sp³-hybridized carbons (Fsp3) is 0.619. The summed E-state index contributed by atoms with van der Waals surface area (Å²) >= 11 is 0. The van der Waals surface area contributed by atoms with E-state index in [2.05, 4.69) is 25.8 Å². The maximum atomic E-state index is 13.4. The van der Waals surface area contributed by atoms with E-state index in [1.165, 1.54) is 6.07 Å². The molecule has 0 radical (unpaired) electrons. The molecule has 0 spiro atoms. The zero-order chi connectivity index (χ0) is 20.7. The second-order valence-electron chi connectivity index (χ2n) is 8.37. The largest absolute Gasteiger partial charge is 0.369 e. The number of aliphatic imine (C=N–C) groups is 1. The molecule has 0 bridgehead atoms. The molecule has 7 heteroatoms. The predicted molar refractivity (Wildman–Crippen MR) is 113 cm³/mol. The number of rotatable bonds is 5. The molecule has 3 N–H and O–H groups in total. The standard InChI is InChI=1S/C21H34FN5O/c1-15-13-16(22)8-9-18(15)27-12-6-7-17(14-27)26-20(23-5)25-11-10-24-19(28)21(2,3)4/h8-9,13,17H,6-7,10-12,14H2,1-5H3,(H,24,28)(H2,23,25,26). The van der Waals surface area contributed by atoms with E-state index in [9.17, 15) is 9.18 Å². The van der Waals surface area contributed by atoms with Gasteiger partial charge in [0.1, 0.15) is 5.82 Å². The van der Waals surface area contributed by atoms with Gasteiger partial charge in [-0.2, -0.15) is 0 Å². The van der Waals surface area contributed by atoms with Crippen LogP contribution in [0.1, 0.15) is 39.2 Å². The first kappa shape index (κ1) is 22.0. The number of aryl methyl sites for hydroxylation is 1. The molecule has 1 saturated heterocycles. The summed E-state index contributed by atoms with van der Waals surface area (Å²) in [5, 5.41) is 9.64. The Hall–Kier alpha value is -2.31.